The molecule has 2 amide bonds. The molecule has 1 saturated heterocycles. The number of aliphatic carboxylic acids is 1. The Hall–Kier alpha value is -1.30. The summed E-state index contributed by atoms with van der Waals surface area (Å²) in [6.07, 6.45) is 3.34. The van der Waals surface area contributed by atoms with Crippen LogP contribution in [-0.2, 0) is 4.79 Å². The van der Waals surface area contributed by atoms with Crippen LogP contribution in [0.2, 0.25) is 0 Å². The largest absolute Gasteiger partial charge is 0.480 e. The molecule has 1 saturated carbocycles. The molecule has 2 fully saturated rings. The number of piperazine rings is 1. The van der Waals surface area contributed by atoms with Gasteiger partial charge in [0.25, 0.3) is 0 Å². The SMILES string of the molecule is CC1CCC(NC(=O)N2CCN(CC(=O)O)CC2)C1. The first-order chi connectivity index (χ1) is 9.04. The van der Waals surface area contributed by atoms with Crippen molar-refractivity contribution in [1.82, 2.24) is 15.1 Å². The van der Waals surface area contributed by atoms with E-state index in [1.54, 1.807) is 4.90 Å². The van der Waals surface area contributed by atoms with Crippen LogP contribution in [0.3, 0.4) is 0 Å². The molecule has 0 aromatic rings. The molecule has 1 aliphatic carbocycles. The van der Waals surface area contributed by atoms with Gasteiger partial charge in [-0.05, 0) is 25.2 Å². The number of carboxylic acids is 1. The van der Waals surface area contributed by atoms with Gasteiger partial charge in [-0.25, -0.2) is 4.79 Å². The van der Waals surface area contributed by atoms with Crippen LogP contribution in [0, 0.1) is 5.92 Å². The monoisotopic (exact) mass is 269 g/mol. The fourth-order valence-electron chi connectivity index (χ4n) is 2.90. The second-order valence-electron chi connectivity index (χ2n) is 5.72. The number of carbonyl (C=O) groups is 2. The first-order valence-electron chi connectivity index (χ1n) is 7.04. The van der Waals surface area contributed by atoms with Gasteiger partial charge >= 0.3 is 12.0 Å². The quantitative estimate of drug-likeness (QED) is 0.786. The lowest BCUT2D eigenvalue weighted by molar-refractivity contribution is -0.138. The average Bonchev–Trinajstić information content (AvgIpc) is 2.75. The number of carboxylic acid groups (broad SMARTS) is 1. The Kier molecular flexibility index (Phi) is 4.63. The standard InChI is InChI=1S/C13H23N3O3/c1-10-2-3-11(8-10)14-13(19)16-6-4-15(5-7-16)9-12(17)18/h10-11H,2-9H2,1H3,(H,14,19)(H,17,18). The number of urea groups is 1. The minimum Gasteiger partial charge on any atom is -0.480 e. The Labute approximate surface area is 113 Å². The highest BCUT2D eigenvalue weighted by atomic mass is 16.4. The van der Waals surface area contributed by atoms with E-state index in [2.05, 4.69) is 12.2 Å². The number of nitrogens with zero attached hydrogens (tertiary/aromatic N) is 2. The molecule has 2 aliphatic rings. The van der Waals surface area contributed by atoms with E-state index in [-0.39, 0.29) is 12.6 Å². The van der Waals surface area contributed by atoms with Crippen molar-refractivity contribution in [3.63, 3.8) is 0 Å². The first-order valence-corrected chi connectivity index (χ1v) is 7.04. The highest BCUT2D eigenvalue weighted by molar-refractivity contribution is 5.74. The van der Waals surface area contributed by atoms with Crippen molar-refractivity contribution in [3.8, 4) is 0 Å². The van der Waals surface area contributed by atoms with Crippen LogP contribution in [0.25, 0.3) is 0 Å². The fraction of sp³-hybridized carbons (Fsp3) is 0.846. The summed E-state index contributed by atoms with van der Waals surface area (Å²) in [5.74, 6) is -0.101. The van der Waals surface area contributed by atoms with Crippen molar-refractivity contribution in [2.75, 3.05) is 32.7 Å². The Bertz CT molecular complexity index is 340. The molecule has 0 aromatic heterocycles. The molecule has 2 rings (SSSR count). The summed E-state index contributed by atoms with van der Waals surface area (Å²) in [7, 11) is 0. The number of rotatable bonds is 3. The van der Waals surface area contributed by atoms with E-state index in [0.717, 1.165) is 12.8 Å². The Balaban J connectivity index is 1.71. The average molecular weight is 269 g/mol. The lowest BCUT2D eigenvalue weighted by Gasteiger charge is -2.34. The highest BCUT2D eigenvalue weighted by Crippen LogP contribution is 2.24. The van der Waals surface area contributed by atoms with Gasteiger partial charge in [-0.1, -0.05) is 6.92 Å². The van der Waals surface area contributed by atoms with Gasteiger partial charge in [0.15, 0.2) is 0 Å². The fourth-order valence-corrected chi connectivity index (χ4v) is 2.90. The number of hydrogen-bond donors (Lipinski definition) is 2. The van der Waals surface area contributed by atoms with Crippen LogP contribution in [0.1, 0.15) is 26.2 Å². The molecule has 1 heterocycles. The van der Waals surface area contributed by atoms with Crippen molar-refractivity contribution in [3.05, 3.63) is 0 Å². The van der Waals surface area contributed by atoms with Gasteiger partial charge in [-0.15, -0.1) is 0 Å². The van der Waals surface area contributed by atoms with Crippen molar-refractivity contribution < 1.29 is 14.7 Å². The lowest BCUT2D eigenvalue weighted by atomic mass is 10.1. The van der Waals surface area contributed by atoms with E-state index in [1.807, 2.05) is 4.90 Å². The third kappa shape index (κ3) is 4.09. The van der Waals surface area contributed by atoms with Crippen LogP contribution < -0.4 is 5.32 Å². The maximum atomic E-state index is 12.1. The molecule has 6 nitrogen and oxygen atoms in total. The minimum atomic E-state index is -0.808. The van der Waals surface area contributed by atoms with Crippen molar-refractivity contribution in [2.24, 2.45) is 5.92 Å². The van der Waals surface area contributed by atoms with Crippen LogP contribution in [-0.4, -0.2) is 65.7 Å². The second kappa shape index (κ2) is 6.23. The molecule has 0 aromatic carbocycles. The zero-order valence-corrected chi connectivity index (χ0v) is 11.5. The van der Waals surface area contributed by atoms with E-state index < -0.39 is 5.97 Å². The van der Waals surface area contributed by atoms with Crippen molar-refractivity contribution >= 4 is 12.0 Å². The first kappa shape index (κ1) is 14.1. The van der Waals surface area contributed by atoms with Gasteiger partial charge < -0.3 is 15.3 Å². The summed E-state index contributed by atoms with van der Waals surface area (Å²) in [4.78, 5) is 26.3. The third-order valence-corrected chi connectivity index (χ3v) is 4.04. The predicted octanol–water partition coefficient (Wildman–Crippen LogP) is 0.587. The molecule has 19 heavy (non-hydrogen) atoms. The number of amides is 2. The van der Waals surface area contributed by atoms with Crippen molar-refractivity contribution in [2.45, 2.75) is 32.2 Å². The van der Waals surface area contributed by atoms with Crippen LogP contribution >= 0.6 is 0 Å². The second-order valence-corrected chi connectivity index (χ2v) is 5.72. The minimum absolute atomic E-state index is 0.00840. The summed E-state index contributed by atoms with van der Waals surface area (Å²) in [6.45, 7) is 4.79. The molecule has 2 unspecified atom stereocenters. The van der Waals surface area contributed by atoms with Gasteiger partial charge in [0.05, 0.1) is 6.54 Å². The van der Waals surface area contributed by atoms with Gasteiger partial charge in [-0.2, -0.15) is 0 Å². The summed E-state index contributed by atoms with van der Waals surface area (Å²) in [5, 5.41) is 11.8. The molecule has 1 aliphatic heterocycles. The van der Waals surface area contributed by atoms with Gasteiger partial charge in [0.1, 0.15) is 0 Å². The molecular weight excluding hydrogens is 246 g/mol. The lowest BCUT2D eigenvalue weighted by Crippen LogP contribution is -2.53. The third-order valence-electron chi connectivity index (χ3n) is 4.04. The van der Waals surface area contributed by atoms with Crippen LogP contribution in [0.15, 0.2) is 0 Å². The maximum absolute atomic E-state index is 12.1. The molecule has 2 N–H and O–H groups in total. The number of carbonyl (C=O) groups excluding carboxylic acids is 1. The maximum Gasteiger partial charge on any atom is 0.317 e. The summed E-state index contributed by atoms with van der Waals surface area (Å²) in [6, 6.07) is 0.327. The number of hydrogen-bond acceptors (Lipinski definition) is 3. The predicted molar refractivity (Wildman–Crippen MR) is 71.0 cm³/mol. The van der Waals surface area contributed by atoms with Crippen LogP contribution in [0.5, 0.6) is 0 Å². The molecule has 2 atom stereocenters. The molecule has 108 valence electrons. The molecule has 0 radical (unpaired) electrons. The molecule has 0 spiro atoms. The van der Waals surface area contributed by atoms with E-state index >= 15 is 0 Å². The van der Waals surface area contributed by atoms with E-state index in [4.69, 9.17) is 5.11 Å². The van der Waals surface area contributed by atoms with E-state index in [9.17, 15) is 9.59 Å². The topological polar surface area (TPSA) is 72.9 Å². The van der Waals surface area contributed by atoms with Gasteiger partial charge in [0.2, 0.25) is 0 Å². The smallest absolute Gasteiger partial charge is 0.317 e. The zero-order chi connectivity index (χ0) is 13.8. The van der Waals surface area contributed by atoms with E-state index in [0.29, 0.717) is 38.1 Å². The Morgan fingerprint density at radius 2 is 1.89 bits per heavy atom. The Morgan fingerprint density at radius 3 is 2.42 bits per heavy atom. The summed E-state index contributed by atoms with van der Waals surface area (Å²) >= 11 is 0. The normalized spacial score (nSPS) is 28.4. The van der Waals surface area contributed by atoms with Crippen molar-refractivity contribution in [1.29, 1.82) is 0 Å². The van der Waals surface area contributed by atoms with Crippen LogP contribution in [0.4, 0.5) is 4.79 Å². The summed E-state index contributed by atoms with van der Waals surface area (Å²) < 4.78 is 0. The highest BCUT2D eigenvalue weighted by Gasteiger charge is 2.26. The number of nitrogens with one attached hydrogen (secondary N) is 1. The summed E-state index contributed by atoms with van der Waals surface area (Å²) in [5.41, 5.74) is 0. The van der Waals surface area contributed by atoms with E-state index in [1.165, 1.54) is 6.42 Å². The van der Waals surface area contributed by atoms with Gasteiger partial charge in [0, 0.05) is 32.2 Å². The molecule has 0 bridgehead atoms. The molecular formula is C13H23N3O3. The zero-order valence-electron chi connectivity index (χ0n) is 11.5. The molecule has 6 heteroatoms. The van der Waals surface area contributed by atoms with Gasteiger partial charge in [-0.3, -0.25) is 9.69 Å². The Morgan fingerprint density at radius 1 is 1.21 bits per heavy atom.